The van der Waals surface area contributed by atoms with E-state index in [1.165, 1.54) is 25.3 Å². The van der Waals surface area contributed by atoms with Crippen molar-refractivity contribution in [3.8, 4) is 11.5 Å². The van der Waals surface area contributed by atoms with Crippen LogP contribution >= 0.6 is 0 Å². The Labute approximate surface area is 137 Å². The van der Waals surface area contributed by atoms with Gasteiger partial charge in [-0.05, 0) is 36.8 Å². The van der Waals surface area contributed by atoms with Crippen molar-refractivity contribution in [3.63, 3.8) is 0 Å². The molecule has 2 aromatic rings. The van der Waals surface area contributed by atoms with Gasteiger partial charge >= 0.3 is 5.97 Å². The van der Waals surface area contributed by atoms with Crippen LogP contribution in [0.2, 0.25) is 0 Å². The van der Waals surface area contributed by atoms with Crippen LogP contribution in [0.5, 0.6) is 11.5 Å². The Morgan fingerprint density at radius 1 is 1.12 bits per heavy atom. The topological polar surface area (TPSA) is 64.6 Å². The fraction of sp³-hybridized carbons (Fsp3) is 0.176. The SMILES string of the molecule is COC(=O)CNC(=O)c1cc(F)cc(Oc2ccc(C)cc2F)c1. The fourth-order valence-corrected chi connectivity index (χ4v) is 1.90. The predicted molar refractivity (Wildman–Crippen MR) is 82.0 cm³/mol. The summed E-state index contributed by atoms with van der Waals surface area (Å²) in [7, 11) is 1.18. The van der Waals surface area contributed by atoms with Crippen LogP contribution in [0.15, 0.2) is 36.4 Å². The largest absolute Gasteiger partial charge is 0.468 e. The van der Waals surface area contributed by atoms with Gasteiger partial charge in [0.15, 0.2) is 11.6 Å². The molecule has 0 aliphatic heterocycles. The molecule has 2 rings (SSSR count). The zero-order chi connectivity index (χ0) is 17.7. The van der Waals surface area contributed by atoms with Gasteiger partial charge in [0, 0.05) is 11.6 Å². The number of aryl methyl sites for hydroxylation is 1. The molecule has 126 valence electrons. The van der Waals surface area contributed by atoms with E-state index in [2.05, 4.69) is 10.1 Å². The van der Waals surface area contributed by atoms with E-state index in [-0.39, 0.29) is 23.6 Å². The summed E-state index contributed by atoms with van der Waals surface area (Å²) < 4.78 is 37.2. The third-order valence-electron chi connectivity index (χ3n) is 3.07. The fourth-order valence-electron chi connectivity index (χ4n) is 1.90. The van der Waals surface area contributed by atoms with Crippen molar-refractivity contribution < 1.29 is 27.8 Å². The zero-order valence-electron chi connectivity index (χ0n) is 13.1. The van der Waals surface area contributed by atoms with Crippen LogP contribution in [0.25, 0.3) is 0 Å². The molecule has 1 amide bonds. The van der Waals surface area contributed by atoms with Crippen LogP contribution in [0.3, 0.4) is 0 Å². The van der Waals surface area contributed by atoms with Gasteiger partial charge in [0.2, 0.25) is 0 Å². The van der Waals surface area contributed by atoms with Gasteiger partial charge in [-0.2, -0.15) is 0 Å². The number of nitrogens with one attached hydrogen (secondary N) is 1. The highest BCUT2D eigenvalue weighted by atomic mass is 19.1. The van der Waals surface area contributed by atoms with Gasteiger partial charge < -0.3 is 14.8 Å². The maximum absolute atomic E-state index is 13.8. The molecule has 0 aliphatic carbocycles. The van der Waals surface area contributed by atoms with E-state index in [9.17, 15) is 18.4 Å². The van der Waals surface area contributed by atoms with Crippen LogP contribution in [0.4, 0.5) is 8.78 Å². The summed E-state index contributed by atoms with van der Waals surface area (Å²) in [6.07, 6.45) is 0. The van der Waals surface area contributed by atoms with Gasteiger partial charge in [-0.1, -0.05) is 6.07 Å². The molecule has 0 unspecified atom stereocenters. The Hall–Kier alpha value is -2.96. The molecule has 0 atom stereocenters. The summed E-state index contributed by atoms with van der Waals surface area (Å²) in [6, 6.07) is 7.57. The molecular formula is C17H15F2NO4. The molecule has 0 aromatic heterocycles. The Balaban J connectivity index is 2.18. The van der Waals surface area contributed by atoms with Crippen molar-refractivity contribution >= 4 is 11.9 Å². The Bertz CT molecular complexity index is 777. The second-order valence-corrected chi connectivity index (χ2v) is 4.97. The maximum atomic E-state index is 13.8. The number of ether oxygens (including phenoxy) is 2. The second-order valence-electron chi connectivity index (χ2n) is 4.97. The van der Waals surface area contributed by atoms with E-state index >= 15 is 0 Å². The minimum absolute atomic E-state index is 0.0408. The van der Waals surface area contributed by atoms with Crippen molar-refractivity contribution in [2.75, 3.05) is 13.7 Å². The monoisotopic (exact) mass is 335 g/mol. The molecule has 0 heterocycles. The predicted octanol–water partition coefficient (Wildman–Crippen LogP) is 2.97. The second kappa shape index (κ2) is 7.54. The highest BCUT2D eigenvalue weighted by Gasteiger charge is 2.13. The molecule has 0 spiro atoms. The third kappa shape index (κ3) is 4.52. The quantitative estimate of drug-likeness (QED) is 0.853. The first-order valence-electron chi connectivity index (χ1n) is 6.98. The van der Waals surface area contributed by atoms with Gasteiger partial charge in [0.1, 0.15) is 18.1 Å². The number of hydrogen-bond donors (Lipinski definition) is 1. The minimum Gasteiger partial charge on any atom is -0.468 e. The zero-order valence-corrected chi connectivity index (χ0v) is 13.1. The lowest BCUT2D eigenvalue weighted by Crippen LogP contribution is -2.30. The first-order valence-corrected chi connectivity index (χ1v) is 6.98. The van der Waals surface area contributed by atoms with Gasteiger partial charge in [-0.3, -0.25) is 9.59 Å². The molecule has 0 fully saturated rings. The first kappa shape index (κ1) is 17.4. The van der Waals surface area contributed by atoms with Crippen molar-refractivity contribution in [1.29, 1.82) is 0 Å². The van der Waals surface area contributed by atoms with Crippen molar-refractivity contribution in [3.05, 3.63) is 59.2 Å². The van der Waals surface area contributed by atoms with Gasteiger partial charge in [-0.15, -0.1) is 0 Å². The average molecular weight is 335 g/mol. The molecular weight excluding hydrogens is 320 g/mol. The molecule has 7 heteroatoms. The smallest absolute Gasteiger partial charge is 0.325 e. The Kier molecular flexibility index (Phi) is 5.47. The summed E-state index contributed by atoms with van der Waals surface area (Å²) in [6.45, 7) is 1.37. The number of halogens is 2. The van der Waals surface area contributed by atoms with E-state index in [0.717, 1.165) is 12.1 Å². The van der Waals surface area contributed by atoms with Gasteiger partial charge in [0.05, 0.1) is 7.11 Å². The molecule has 0 aliphatic rings. The van der Waals surface area contributed by atoms with Crippen molar-refractivity contribution in [1.82, 2.24) is 5.32 Å². The van der Waals surface area contributed by atoms with Crippen LogP contribution in [-0.4, -0.2) is 25.5 Å². The molecule has 0 bridgehead atoms. The standard InChI is InChI=1S/C17H15F2NO4/c1-10-3-4-15(14(19)5-10)24-13-7-11(6-12(18)8-13)17(22)20-9-16(21)23-2/h3-8H,9H2,1-2H3,(H,20,22). The maximum Gasteiger partial charge on any atom is 0.325 e. The van der Waals surface area contributed by atoms with E-state index < -0.39 is 23.5 Å². The Morgan fingerprint density at radius 2 is 1.88 bits per heavy atom. The summed E-state index contributed by atoms with van der Waals surface area (Å²) in [4.78, 5) is 22.9. The number of hydrogen-bond acceptors (Lipinski definition) is 4. The van der Waals surface area contributed by atoms with Crippen molar-refractivity contribution in [2.24, 2.45) is 0 Å². The summed E-state index contributed by atoms with van der Waals surface area (Å²) >= 11 is 0. The number of methoxy groups -OCH3 is 1. The van der Waals surface area contributed by atoms with Gasteiger partial charge in [0.25, 0.3) is 5.91 Å². The van der Waals surface area contributed by atoms with E-state index in [0.29, 0.717) is 5.56 Å². The Morgan fingerprint density at radius 3 is 2.54 bits per heavy atom. The van der Waals surface area contributed by atoms with Crippen LogP contribution in [0, 0.1) is 18.6 Å². The number of carbonyl (C=O) groups excluding carboxylic acids is 2. The lowest BCUT2D eigenvalue weighted by molar-refractivity contribution is -0.139. The molecule has 2 aromatic carbocycles. The summed E-state index contributed by atoms with van der Waals surface area (Å²) in [5.41, 5.74) is 0.642. The number of benzene rings is 2. The molecule has 5 nitrogen and oxygen atoms in total. The molecule has 1 N–H and O–H groups in total. The summed E-state index contributed by atoms with van der Waals surface area (Å²) in [5, 5.41) is 2.28. The highest BCUT2D eigenvalue weighted by Crippen LogP contribution is 2.26. The number of esters is 1. The van der Waals surface area contributed by atoms with E-state index in [1.807, 2.05) is 0 Å². The number of rotatable bonds is 5. The number of carbonyl (C=O) groups is 2. The molecule has 0 saturated carbocycles. The average Bonchev–Trinajstić information content (AvgIpc) is 2.54. The lowest BCUT2D eigenvalue weighted by atomic mass is 10.2. The van der Waals surface area contributed by atoms with Gasteiger partial charge in [-0.25, -0.2) is 8.78 Å². The number of amides is 1. The molecule has 24 heavy (non-hydrogen) atoms. The van der Waals surface area contributed by atoms with Crippen LogP contribution in [0.1, 0.15) is 15.9 Å². The molecule has 0 saturated heterocycles. The minimum atomic E-state index is -0.733. The van der Waals surface area contributed by atoms with E-state index in [4.69, 9.17) is 4.74 Å². The van der Waals surface area contributed by atoms with Crippen LogP contribution in [-0.2, 0) is 9.53 Å². The third-order valence-corrected chi connectivity index (χ3v) is 3.07. The van der Waals surface area contributed by atoms with Crippen molar-refractivity contribution in [2.45, 2.75) is 6.92 Å². The van der Waals surface area contributed by atoms with Crippen LogP contribution < -0.4 is 10.1 Å². The first-order chi connectivity index (χ1) is 11.4. The normalized spacial score (nSPS) is 10.2. The molecule has 0 radical (unpaired) electrons. The van der Waals surface area contributed by atoms with E-state index in [1.54, 1.807) is 13.0 Å². The summed E-state index contributed by atoms with van der Waals surface area (Å²) in [5.74, 6) is -2.79. The lowest BCUT2D eigenvalue weighted by Gasteiger charge is -2.10. The highest BCUT2D eigenvalue weighted by molar-refractivity contribution is 5.96.